The third-order valence-electron chi connectivity index (χ3n) is 2.59. The normalized spacial score (nSPS) is 11.1. The Bertz CT molecular complexity index is 620. The molecule has 0 aliphatic heterocycles. The van der Waals surface area contributed by atoms with Crippen LogP contribution in [0.2, 0.25) is 0 Å². The predicted molar refractivity (Wildman–Crippen MR) is 60.5 cm³/mol. The second kappa shape index (κ2) is 3.96. The molecular formula is C10H14N4O2. The number of imidazole rings is 1. The minimum Gasteiger partial charge on any atom is -0.328 e. The summed E-state index contributed by atoms with van der Waals surface area (Å²) < 4.78 is 3.14. The number of nitrogens with zero attached hydrogens (tertiary/aromatic N) is 3. The number of aromatic amines is 1. The second-order valence-electron chi connectivity index (χ2n) is 3.79. The van der Waals surface area contributed by atoms with E-state index in [1.54, 1.807) is 17.9 Å². The Kier molecular flexibility index (Phi) is 2.64. The fourth-order valence-electron chi connectivity index (χ4n) is 1.72. The number of aromatic nitrogens is 4. The van der Waals surface area contributed by atoms with Crippen LogP contribution in [0.1, 0.15) is 19.8 Å². The Hall–Kier alpha value is -1.85. The number of hydrogen-bond donors (Lipinski definition) is 1. The lowest BCUT2D eigenvalue weighted by molar-refractivity contribution is 0.613. The lowest BCUT2D eigenvalue weighted by atomic mass is 10.3. The van der Waals surface area contributed by atoms with Crippen LogP contribution >= 0.6 is 0 Å². The summed E-state index contributed by atoms with van der Waals surface area (Å²) in [7, 11) is 1.74. The van der Waals surface area contributed by atoms with E-state index in [0.29, 0.717) is 17.7 Å². The molecule has 6 nitrogen and oxygen atoms in total. The molecule has 2 aromatic rings. The van der Waals surface area contributed by atoms with Gasteiger partial charge in [-0.05, 0) is 6.42 Å². The molecule has 2 aromatic heterocycles. The first-order chi connectivity index (χ1) is 7.65. The van der Waals surface area contributed by atoms with Crippen LogP contribution in [0.3, 0.4) is 0 Å². The molecule has 1 N–H and O–H groups in total. The SMILES string of the molecule is CCCCn1c(=O)[nH]c(=O)c2c1ncn2C. The average molecular weight is 222 g/mol. The summed E-state index contributed by atoms with van der Waals surface area (Å²) in [6.07, 6.45) is 3.42. The van der Waals surface area contributed by atoms with Crippen molar-refractivity contribution in [3.8, 4) is 0 Å². The van der Waals surface area contributed by atoms with Gasteiger partial charge in [0.1, 0.15) is 0 Å². The summed E-state index contributed by atoms with van der Waals surface area (Å²) in [5.74, 6) is 0. The smallest absolute Gasteiger partial charge is 0.328 e. The van der Waals surface area contributed by atoms with Crippen LogP contribution in [-0.2, 0) is 13.6 Å². The van der Waals surface area contributed by atoms with Crippen molar-refractivity contribution in [3.63, 3.8) is 0 Å². The van der Waals surface area contributed by atoms with Crippen molar-refractivity contribution in [2.24, 2.45) is 7.05 Å². The van der Waals surface area contributed by atoms with Gasteiger partial charge < -0.3 is 4.57 Å². The summed E-state index contributed by atoms with van der Waals surface area (Å²) in [5.41, 5.74) is 0.137. The van der Waals surface area contributed by atoms with Crippen LogP contribution in [0.15, 0.2) is 15.9 Å². The average Bonchev–Trinajstić information content (AvgIpc) is 2.61. The molecule has 86 valence electrons. The van der Waals surface area contributed by atoms with E-state index < -0.39 is 0 Å². The molecule has 0 bridgehead atoms. The molecular weight excluding hydrogens is 208 g/mol. The zero-order chi connectivity index (χ0) is 11.7. The van der Waals surface area contributed by atoms with Crippen molar-refractivity contribution in [2.75, 3.05) is 0 Å². The number of unbranched alkanes of at least 4 members (excludes halogenated alkanes) is 1. The molecule has 0 fully saturated rings. The van der Waals surface area contributed by atoms with Crippen LogP contribution < -0.4 is 11.2 Å². The number of aryl methyl sites for hydroxylation is 2. The molecule has 0 amide bonds. The number of fused-ring (bicyclic) bond motifs is 1. The van der Waals surface area contributed by atoms with Gasteiger partial charge in [0.25, 0.3) is 5.56 Å². The highest BCUT2D eigenvalue weighted by molar-refractivity contribution is 5.69. The van der Waals surface area contributed by atoms with E-state index in [2.05, 4.69) is 9.97 Å². The minimum atomic E-state index is -0.385. The van der Waals surface area contributed by atoms with Gasteiger partial charge in [-0.1, -0.05) is 13.3 Å². The fraction of sp³-hybridized carbons (Fsp3) is 0.500. The monoisotopic (exact) mass is 222 g/mol. The van der Waals surface area contributed by atoms with Gasteiger partial charge in [0.2, 0.25) is 0 Å². The lowest BCUT2D eigenvalue weighted by Gasteiger charge is -2.04. The van der Waals surface area contributed by atoms with E-state index in [4.69, 9.17) is 0 Å². The summed E-state index contributed by atoms with van der Waals surface area (Å²) in [5, 5.41) is 0. The summed E-state index contributed by atoms with van der Waals surface area (Å²) in [6, 6.07) is 0. The molecule has 0 radical (unpaired) electrons. The molecule has 0 atom stereocenters. The van der Waals surface area contributed by atoms with Crippen molar-refractivity contribution < 1.29 is 0 Å². The van der Waals surface area contributed by atoms with Gasteiger partial charge in [0, 0.05) is 13.6 Å². The van der Waals surface area contributed by atoms with Gasteiger partial charge in [0.15, 0.2) is 11.2 Å². The number of rotatable bonds is 3. The van der Waals surface area contributed by atoms with Crippen LogP contribution in [0.5, 0.6) is 0 Å². The van der Waals surface area contributed by atoms with Gasteiger partial charge >= 0.3 is 5.69 Å². The Morgan fingerprint density at radius 3 is 2.88 bits per heavy atom. The first-order valence-electron chi connectivity index (χ1n) is 5.29. The highest BCUT2D eigenvalue weighted by atomic mass is 16.2. The maximum Gasteiger partial charge on any atom is 0.330 e. The highest BCUT2D eigenvalue weighted by Gasteiger charge is 2.10. The molecule has 0 saturated carbocycles. The number of hydrogen-bond acceptors (Lipinski definition) is 3. The van der Waals surface area contributed by atoms with Gasteiger partial charge in [-0.2, -0.15) is 0 Å². The van der Waals surface area contributed by atoms with Crippen molar-refractivity contribution >= 4 is 11.2 Å². The van der Waals surface area contributed by atoms with E-state index >= 15 is 0 Å². The number of nitrogens with one attached hydrogen (secondary N) is 1. The van der Waals surface area contributed by atoms with Crippen LogP contribution in [0, 0.1) is 0 Å². The minimum absolute atomic E-state index is 0.382. The Labute approximate surface area is 91.5 Å². The molecule has 0 aliphatic carbocycles. The maximum atomic E-state index is 11.6. The molecule has 0 aliphatic rings. The van der Waals surface area contributed by atoms with Gasteiger partial charge in [0.05, 0.1) is 6.33 Å². The molecule has 16 heavy (non-hydrogen) atoms. The molecule has 0 aromatic carbocycles. The van der Waals surface area contributed by atoms with E-state index in [-0.39, 0.29) is 11.2 Å². The molecule has 0 saturated heterocycles. The molecule has 2 heterocycles. The standard InChI is InChI=1S/C10H14N4O2/c1-3-4-5-14-8-7(13(2)6-11-8)9(15)12-10(14)16/h6H,3-5H2,1-2H3,(H,12,15,16). The van der Waals surface area contributed by atoms with Gasteiger partial charge in [-0.3, -0.25) is 14.3 Å². The largest absolute Gasteiger partial charge is 0.330 e. The molecule has 0 unspecified atom stereocenters. The summed E-state index contributed by atoms with van der Waals surface area (Å²) >= 11 is 0. The second-order valence-corrected chi connectivity index (χ2v) is 3.79. The summed E-state index contributed by atoms with van der Waals surface area (Å²) in [4.78, 5) is 29.6. The third-order valence-corrected chi connectivity index (χ3v) is 2.59. The van der Waals surface area contributed by atoms with Crippen molar-refractivity contribution in [2.45, 2.75) is 26.3 Å². The predicted octanol–water partition coefficient (Wildman–Crippen LogP) is 0.223. The third kappa shape index (κ3) is 1.56. The Morgan fingerprint density at radius 1 is 1.44 bits per heavy atom. The van der Waals surface area contributed by atoms with Crippen LogP contribution in [0.4, 0.5) is 0 Å². The first kappa shape index (κ1) is 10.7. The van der Waals surface area contributed by atoms with Gasteiger partial charge in [-0.15, -0.1) is 0 Å². The van der Waals surface area contributed by atoms with Gasteiger partial charge in [-0.25, -0.2) is 9.78 Å². The zero-order valence-electron chi connectivity index (χ0n) is 9.36. The first-order valence-corrected chi connectivity index (χ1v) is 5.29. The van der Waals surface area contributed by atoms with Crippen molar-refractivity contribution in [1.29, 1.82) is 0 Å². The Morgan fingerprint density at radius 2 is 2.19 bits per heavy atom. The van der Waals surface area contributed by atoms with Crippen molar-refractivity contribution in [1.82, 2.24) is 19.1 Å². The zero-order valence-corrected chi connectivity index (χ0v) is 9.36. The van der Waals surface area contributed by atoms with E-state index in [1.807, 2.05) is 6.92 Å². The Balaban J connectivity index is 2.72. The lowest BCUT2D eigenvalue weighted by Crippen LogP contribution is -2.31. The van der Waals surface area contributed by atoms with E-state index in [0.717, 1.165) is 12.8 Å². The maximum absolute atomic E-state index is 11.6. The van der Waals surface area contributed by atoms with Crippen LogP contribution in [0.25, 0.3) is 11.2 Å². The van der Waals surface area contributed by atoms with Crippen molar-refractivity contribution in [3.05, 3.63) is 27.2 Å². The molecule has 6 heteroatoms. The quantitative estimate of drug-likeness (QED) is 0.807. The van der Waals surface area contributed by atoms with E-state index in [1.165, 1.54) is 4.57 Å². The van der Waals surface area contributed by atoms with Crippen LogP contribution in [-0.4, -0.2) is 19.1 Å². The summed E-state index contributed by atoms with van der Waals surface area (Å²) in [6.45, 7) is 2.63. The fourth-order valence-corrected chi connectivity index (χ4v) is 1.72. The van der Waals surface area contributed by atoms with E-state index in [9.17, 15) is 9.59 Å². The number of H-pyrrole nitrogens is 1. The molecule has 2 rings (SSSR count). The molecule has 0 spiro atoms. The topological polar surface area (TPSA) is 72.7 Å². The highest BCUT2D eigenvalue weighted by Crippen LogP contribution is 2.04.